The summed E-state index contributed by atoms with van der Waals surface area (Å²) in [7, 11) is 1.68. The first-order chi connectivity index (χ1) is 4.66. The topological polar surface area (TPSA) is 49.7 Å². The Hall–Kier alpha value is -0.0551. The lowest BCUT2D eigenvalue weighted by Crippen LogP contribution is -2.31. The van der Waals surface area contributed by atoms with Gasteiger partial charge < -0.3 is 14.9 Å². The summed E-state index contributed by atoms with van der Waals surface area (Å²) in [6.07, 6.45) is -2.21. The number of hydrogen-bond donors (Lipinski definition) is 2. The van der Waals surface area contributed by atoms with Gasteiger partial charge in [0.1, 0.15) is 20.1 Å². The maximum Gasteiger partial charge on any atom is 0.142 e. The summed E-state index contributed by atoms with van der Waals surface area (Å²) < 4.78 is 12.0. The quantitative estimate of drug-likeness (QED) is 0.377. The zero-order valence-corrected chi connectivity index (χ0v) is 5.32. The Bertz CT molecular complexity index is 123. The summed E-state index contributed by atoms with van der Waals surface area (Å²) in [6, 6.07) is -0.342. The molecule has 1 aliphatic heterocycles. The van der Waals surface area contributed by atoms with Crippen molar-refractivity contribution in [2.75, 3.05) is 0 Å². The first-order valence-corrected chi connectivity index (χ1v) is 2.97. The van der Waals surface area contributed by atoms with Crippen LogP contribution in [-0.4, -0.2) is 42.4 Å². The van der Waals surface area contributed by atoms with Crippen LogP contribution < -0.4 is 0 Å². The molecule has 2 N–H and O–H groups in total. The molecule has 0 spiro atoms. The van der Waals surface area contributed by atoms with E-state index < -0.39 is 18.3 Å². The van der Waals surface area contributed by atoms with Gasteiger partial charge in [0.15, 0.2) is 0 Å². The first-order valence-electron chi connectivity index (χ1n) is 3.68. The van der Waals surface area contributed by atoms with Crippen LogP contribution in [0.25, 0.3) is 0 Å². The van der Waals surface area contributed by atoms with Gasteiger partial charge in [0.2, 0.25) is 0 Å². The predicted octanol–water partition coefficient (Wildman–Crippen LogP) is -1.91. The van der Waals surface area contributed by atoms with Gasteiger partial charge in [-0.25, -0.2) is 0 Å². The Balaban J connectivity index is 2.53. The Morgan fingerprint density at radius 2 is 2.22 bits per heavy atom. The minimum absolute atomic E-state index is 0.00255. The molecular formula is C5H11BO3. The standard InChI is InChI=1S/C5H11BO3/c1-2-3(7)4(8)5(6)9-2/h2-5,7-8H,6H2,1H3/t2-,3+,4?,5-/m1/s1/i1D. The molecule has 0 aromatic rings. The lowest BCUT2D eigenvalue weighted by atomic mass is 9.93. The molecule has 3 nitrogen and oxygen atoms in total. The molecule has 52 valence electrons. The highest BCUT2D eigenvalue weighted by molar-refractivity contribution is 6.11. The average Bonchev–Trinajstić information content (AvgIpc) is 2.17. The van der Waals surface area contributed by atoms with Crippen LogP contribution in [0.1, 0.15) is 8.27 Å². The highest BCUT2D eigenvalue weighted by Crippen LogP contribution is 2.17. The van der Waals surface area contributed by atoms with Gasteiger partial charge in [0.25, 0.3) is 0 Å². The van der Waals surface area contributed by atoms with Crippen LogP contribution in [0, 0.1) is 0 Å². The van der Waals surface area contributed by atoms with E-state index in [1.807, 2.05) is 0 Å². The van der Waals surface area contributed by atoms with Crippen LogP contribution >= 0.6 is 0 Å². The van der Waals surface area contributed by atoms with Crippen molar-refractivity contribution < 1.29 is 16.3 Å². The molecule has 0 aromatic heterocycles. The molecule has 1 fully saturated rings. The summed E-state index contributed by atoms with van der Waals surface area (Å²) >= 11 is 0. The average molecular weight is 131 g/mol. The van der Waals surface area contributed by atoms with Crippen molar-refractivity contribution in [3.8, 4) is 0 Å². The highest BCUT2D eigenvalue weighted by Gasteiger charge is 2.36. The van der Waals surface area contributed by atoms with Gasteiger partial charge in [-0.05, 0) is 6.90 Å². The summed E-state index contributed by atoms with van der Waals surface area (Å²) in [5.41, 5.74) is 0. The molecule has 1 saturated heterocycles. The largest absolute Gasteiger partial charge is 0.388 e. The van der Waals surface area contributed by atoms with Crippen LogP contribution in [-0.2, 0) is 4.74 Å². The van der Waals surface area contributed by atoms with Gasteiger partial charge in [-0.2, -0.15) is 0 Å². The highest BCUT2D eigenvalue weighted by atomic mass is 16.5. The molecule has 1 unspecified atom stereocenters. The fourth-order valence-corrected chi connectivity index (χ4v) is 0.934. The van der Waals surface area contributed by atoms with Crippen molar-refractivity contribution in [3.63, 3.8) is 0 Å². The Labute approximate surface area is 56.5 Å². The third-order valence-corrected chi connectivity index (χ3v) is 1.60. The lowest BCUT2D eigenvalue weighted by Gasteiger charge is -2.08. The van der Waals surface area contributed by atoms with Gasteiger partial charge >= 0.3 is 0 Å². The molecule has 0 amide bonds. The van der Waals surface area contributed by atoms with Crippen molar-refractivity contribution in [2.24, 2.45) is 0 Å². The van der Waals surface area contributed by atoms with Gasteiger partial charge in [-0.3, -0.25) is 0 Å². The zero-order valence-electron chi connectivity index (χ0n) is 6.32. The fourth-order valence-electron chi connectivity index (χ4n) is 0.934. The first kappa shape index (κ1) is 5.71. The van der Waals surface area contributed by atoms with E-state index in [4.69, 9.17) is 16.3 Å². The minimum atomic E-state index is -0.882. The van der Waals surface area contributed by atoms with E-state index in [1.165, 1.54) is 0 Å². The van der Waals surface area contributed by atoms with Gasteiger partial charge in [0.05, 0.1) is 12.1 Å². The van der Waals surface area contributed by atoms with Gasteiger partial charge in [-0.1, -0.05) is 0 Å². The predicted molar refractivity (Wildman–Crippen MR) is 34.9 cm³/mol. The van der Waals surface area contributed by atoms with Gasteiger partial charge in [-0.15, -0.1) is 0 Å². The van der Waals surface area contributed by atoms with Crippen molar-refractivity contribution >= 4 is 7.85 Å². The summed E-state index contributed by atoms with van der Waals surface area (Å²) in [5.74, 6) is 0. The number of ether oxygens (including phenoxy) is 1. The number of rotatable bonds is 0. The second-order valence-electron chi connectivity index (χ2n) is 2.36. The van der Waals surface area contributed by atoms with E-state index in [1.54, 1.807) is 7.85 Å². The molecule has 1 rings (SSSR count). The summed E-state index contributed by atoms with van der Waals surface area (Å²) in [5, 5.41) is 18.2. The van der Waals surface area contributed by atoms with Crippen LogP contribution in [0.2, 0.25) is 0 Å². The second kappa shape index (κ2) is 2.29. The number of aliphatic hydroxyl groups is 2. The monoisotopic (exact) mass is 131 g/mol. The van der Waals surface area contributed by atoms with Crippen LogP contribution in [0.15, 0.2) is 0 Å². The lowest BCUT2D eigenvalue weighted by molar-refractivity contribution is 0.0318. The zero-order chi connectivity index (χ0) is 7.72. The van der Waals surface area contributed by atoms with E-state index in [2.05, 4.69) is 0 Å². The molecule has 0 saturated carbocycles. The minimum Gasteiger partial charge on any atom is -0.388 e. The third-order valence-electron chi connectivity index (χ3n) is 1.60. The smallest absolute Gasteiger partial charge is 0.142 e. The van der Waals surface area contributed by atoms with Crippen molar-refractivity contribution in [3.05, 3.63) is 0 Å². The Kier molecular flexibility index (Phi) is 1.45. The molecule has 0 bridgehead atoms. The molecule has 4 heteroatoms. The molecular weight excluding hydrogens is 119 g/mol. The molecule has 1 aliphatic rings. The summed E-state index contributed by atoms with van der Waals surface area (Å²) in [4.78, 5) is 0. The number of aliphatic hydroxyl groups excluding tert-OH is 2. The SMILES string of the molecule is [2H]C[C@H]1O[C@@H](B)C(O)[C@H]1O. The maximum absolute atomic E-state index is 9.13. The normalized spacial score (nSPS) is 53.3. The van der Waals surface area contributed by atoms with Gasteiger partial charge in [0, 0.05) is 1.37 Å². The molecule has 0 aromatic carbocycles. The molecule has 9 heavy (non-hydrogen) atoms. The Morgan fingerprint density at radius 3 is 2.44 bits per heavy atom. The van der Waals surface area contributed by atoms with E-state index in [0.717, 1.165) is 0 Å². The van der Waals surface area contributed by atoms with E-state index >= 15 is 0 Å². The van der Waals surface area contributed by atoms with E-state index in [9.17, 15) is 0 Å². The van der Waals surface area contributed by atoms with Crippen molar-refractivity contribution in [1.29, 1.82) is 0 Å². The van der Waals surface area contributed by atoms with E-state index in [0.29, 0.717) is 0 Å². The van der Waals surface area contributed by atoms with Crippen LogP contribution in [0.5, 0.6) is 0 Å². The molecule has 0 aliphatic carbocycles. The van der Waals surface area contributed by atoms with Crippen LogP contribution in [0.4, 0.5) is 0 Å². The van der Waals surface area contributed by atoms with E-state index in [-0.39, 0.29) is 12.9 Å². The molecule has 4 atom stereocenters. The third kappa shape index (κ3) is 1.10. The van der Waals surface area contributed by atoms with Crippen LogP contribution in [0.3, 0.4) is 0 Å². The number of hydrogen-bond acceptors (Lipinski definition) is 3. The second-order valence-corrected chi connectivity index (χ2v) is 2.36. The summed E-state index contributed by atoms with van der Waals surface area (Å²) in [6.45, 7) is 0.00255. The maximum atomic E-state index is 9.13. The Morgan fingerprint density at radius 1 is 1.56 bits per heavy atom. The fraction of sp³-hybridized carbons (Fsp3) is 1.00. The van der Waals surface area contributed by atoms with Crippen molar-refractivity contribution in [2.45, 2.75) is 31.2 Å². The molecule has 1 heterocycles. The van der Waals surface area contributed by atoms with Crippen molar-refractivity contribution in [1.82, 2.24) is 0 Å². The molecule has 0 radical (unpaired) electrons.